The zero-order valence-electron chi connectivity index (χ0n) is 13.8. The SMILES string of the molecule is N[C@@H](Cc1ccc(O)cc1)C(=O)O.O=C1CN(c2ccccc2)C(=S)N1. The quantitative estimate of drug-likeness (QED) is 0.596. The molecule has 3 rings (SSSR count). The number of nitrogens with one attached hydrogen (secondary N) is 1. The van der Waals surface area contributed by atoms with Crippen molar-refractivity contribution in [3.63, 3.8) is 0 Å². The summed E-state index contributed by atoms with van der Waals surface area (Å²) < 4.78 is 0. The number of anilines is 1. The van der Waals surface area contributed by atoms with Gasteiger partial charge in [-0.25, -0.2) is 0 Å². The lowest BCUT2D eigenvalue weighted by Crippen LogP contribution is -2.32. The molecule has 2 aromatic carbocycles. The monoisotopic (exact) mass is 373 g/mol. The Morgan fingerprint density at radius 3 is 2.31 bits per heavy atom. The Balaban J connectivity index is 0.000000187. The van der Waals surface area contributed by atoms with E-state index in [-0.39, 0.29) is 18.1 Å². The fourth-order valence-corrected chi connectivity index (χ4v) is 2.52. The van der Waals surface area contributed by atoms with Crippen LogP contribution in [0, 0.1) is 0 Å². The number of hydrogen-bond donors (Lipinski definition) is 4. The molecule has 5 N–H and O–H groups in total. The van der Waals surface area contributed by atoms with E-state index in [1.807, 2.05) is 30.3 Å². The molecule has 1 fully saturated rings. The summed E-state index contributed by atoms with van der Waals surface area (Å²) in [5, 5.41) is 20.5. The first-order valence-corrected chi connectivity index (χ1v) is 8.20. The topological polar surface area (TPSA) is 116 Å². The van der Waals surface area contributed by atoms with E-state index in [0.29, 0.717) is 11.7 Å². The highest BCUT2D eigenvalue weighted by molar-refractivity contribution is 7.80. The Morgan fingerprint density at radius 1 is 1.19 bits per heavy atom. The molecule has 0 radical (unpaired) electrons. The molecule has 0 aliphatic carbocycles. The number of phenolic OH excluding ortho intramolecular Hbond substituents is 1. The van der Waals surface area contributed by atoms with Crippen molar-refractivity contribution < 1.29 is 19.8 Å². The summed E-state index contributed by atoms with van der Waals surface area (Å²) in [6, 6.07) is 15.0. The van der Waals surface area contributed by atoms with E-state index in [1.54, 1.807) is 17.0 Å². The number of rotatable bonds is 4. The number of aliphatic carboxylic acids is 1. The molecule has 1 saturated heterocycles. The molecule has 2 aromatic rings. The summed E-state index contributed by atoms with van der Waals surface area (Å²) in [5.74, 6) is -0.908. The first-order chi connectivity index (χ1) is 12.4. The van der Waals surface area contributed by atoms with Gasteiger partial charge in [-0.05, 0) is 48.5 Å². The molecule has 0 spiro atoms. The first kappa shape index (κ1) is 19.4. The molecule has 8 heteroatoms. The maximum Gasteiger partial charge on any atom is 0.320 e. The van der Waals surface area contributed by atoms with Gasteiger partial charge in [-0.2, -0.15) is 0 Å². The summed E-state index contributed by atoms with van der Waals surface area (Å²) in [5.41, 5.74) is 7.07. The molecule has 1 aliphatic heterocycles. The second-order valence-corrected chi connectivity index (χ2v) is 5.98. The van der Waals surface area contributed by atoms with Gasteiger partial charge in [0.15, 0.2) is 5.11 Å². The Labute approximate surface area is 156 Å². The van der Waals surface area contributed by atoms with Crippen LogP contribution < -0.4 is 16.0 Å². The van der Waals surface area contributed by atoms with Crippen molar-refractivity contribution in [2.24, 2.45) is 5.73 Å². The maximum atomic E-state index is 11.0. The normalized spacial score (nSPS) is 14.3. The van der Waals surface area contributed by atoms with Gasteiger partial charge in [0.2, 0.25) is 5.91 Å². The highest BCUT2D eigenvalue weighted by Gasteiger charge is 2.24. The van der Waals surface area contributed by atoms with Crippen molar-refractivity contribution in [1.82, 2.24) is 5.32 Å². The lowest BCUT2D eigenvalue weighted by molar-refractivity contribution is -0.138. The highest BCUT2D eigenvalue weighted by Crippen LogP contribution is 2.15. The lowest BCUT2D eigenvalue weighted by Gasteiger charge is -2.14. The lowest BCUT2D eigenvalue weighted by atomic mass is 10.1. The number of phenols is 1. The number of carbonyl (C=O) groups excluding carboxylic acids is 1. The van der Waals surface area contributed by atoms with Gasteiger partial charge in [-0.1, -0.05) is 30.3 Å². The van der Waals surface area contributed by atoms with Gasteiger partial charge in [-0.3, -0.25) is 9.59 Å². The van der Waals surface area contributed by atoms with E-state index < -0.39 is 12.0 Å². The molecule has 0 unspecified atom stereocenters. The zero-order valence-corrected chi connectivity index (χ0v) is 14.6. The third-order valence-corrected chi connectivity index (χ3v) is 3.89. The number of nitrogens with two attached hydrogens (primary N) is 1. The zero-order chi connectivity index (χ0) is 19.1. The van der Waals surface area contributed by atoms with Gasteiger partial charge in [0.1, 0.15) is 18.3 Å². The Hall–Kier alpha value is -2.97. The summed E-state index contributed by atoms with van der Waals surface area (Å²) in [6.45, 7) is 0.322. The van der Waals surface area contributed by atoms with E-state index in [1.165, 1.54) is 12.1 Å². The number of para-hydroxylation sites is 1. The van der Waals surface area contributed by atoms with E-state index >= 15 is 0 Å². The molecule has 136 valence electrons. The third kappa shape index (κ3) is 5.54. The fraction of sp³-hybridized carbons (Fsp3) is 0.167. The van der Waals surface area contributed by atoms with E-state index in [2.05, 4.69) is 5.32 Å². The smallest absolute Gasteiger partial charge is 0.320 e. The maximum absolute atomic E-state index is 11.0. The summed E-state index contributed by atoms with van der Waals surface area (Å²) in [6.07, 6.45) is 0.273. The van der Waals surface area contributed by atoms with Crippen LogP contribution in [0.15, 0.2) is 54.6 Å². The predicted octanol–water partition coefficient (Wildman–Crippen LogP) is 1.25. The molecule has 1 heterocycles. The average Bonchev–Trinajstić information content (AvgIpc) is 2.96. The van der Waals surface area contributed by atoms with Gasteiger partial charge >= 0.3 is 5.97 Å². The molecule has 7 nitrogen and oxygen atoms in total. The van der Waals surface area contributed by atoms with Gasteiger partial charge in [-0.15, -0.1) is 0 Å². The molecule has 1 aliphatic rings. The van der Waals surface area contributed by atoms with Gasteiger partial charge in [0, 0.05) is 5.69 Å². The Morgan fingerprint density at radius 2 is 1.81 bits per heavy atom. The number of carboxylic acids is 1. The second kappa shape index (κ2) is 8.93. The number of benzene rings is 2. The fourth-order valence-electron chi connectivity index (χ4n) is 2.23. The number of nitrogens with zero attached hydrogens (tertiary/aromatic N) is 1. The second-order valence-electron chi connectivity index (χ2n) is 5.59. The molecule has 26 heavy (non-hydrogen) atoms. The minimum atomic E-state index is -1.02. The van der Waals surface area contributed by atoms with Crippen molar-refractivity contribution in [2.45, 2.75) is 12.5 Å². The van der Waals surface area contributed by atoms with Gasteiger partial charge in [0.25, 0.3) is 0 Å². The van der Waals surface area contributed by atoms with Crippen molar-refractivity contribution in [3.8, 4) is 5.75 Å². The van der Waals surface area contributed by atoms with Crippen LogP contribution in [-0.2, 0) is 16.0 Å². The van der Waals surface area contributed by atoms with Crippen molar-refractivity contribution >= 4 is 34.9 Å². The predicted molar refractivity (Wildman–Crippen MR) is 102 cm³/mol. The van der Waals surface area contributed by atoms with Crippen molar-refractivity contribution in [3.05, 3.63) is 60.2 Å². The standard InChI is InChI=1S/C9H8N2OS.C9H11NO3/c12-8-6-11(9(13)10-8)7-4-2-1-3-5-7;10-8(9(12)13)5-6-1-3-7(11)4-2-6/h1-5H,6H2,(H,10,12,13);1-4,8,11H,5,10H2,(H,12,13)/t;8-/m.0/s1. The number of carbonyl (C=O) groups is 2. The van der Waals surface area contributed by atoms with Crippen LogP contribution in [0.25, 0.3) is 0 Å². The van der Waals surface area contributed by atoms with Gasteiger partial charge in [0.05, 0.1) is 0 Å². The minimum Gasteiger partial charge on any atom is -0.508 e. The largest absolute Gasteiger partial charge is 0.508 e. The minimum absolute atomic E-state index is 0.0474. The molecule has 1 amide bonds. The van der Waals surface area contributed by atoms with E-state index in [9.17, 15) is 9.59 Å². The summed E-state index contributed by atoms with van der Waals surface area (Å²) >= 11 is 4.99. The van der Waals surface area contributed by atoms with Crippen LogP contribution in [0.2, 0.25) is 0 Å². The number of carboxylic acid groups (broad SMARTS) is 1. The van der Waals surface area contributed by atoms with Crippen LogP contribution in [0.4, 0.5) is 5.69 Å². The summed E-state index contributed by atoms with van der Waals surface area (Å²) in [4.78, 5) is 23.2. The van der Waals surface area contributed by atoms with Crippen molar-refractivity contribution in [1.29, 1.82) is 0 Å². The molecular formula is C18H19N3O4S. The van der Waals surface area contributed by atoms with Crippen LogP contribution in [0.1, 0.15) is 5.56 Å². The number of aromatic hydroxyl groups is 1. The average molecular weight is 373 g/mol. The van der Waals surface area contributed by atoms with Crippen LogP contribution in [-0.4, -0.2) is 39.8 Å². The molecule has 1 atom stereocenters. The molecule has 0 bridgehead atoms. The Bertz CT molecular complexity index is 781. The Kier molecular flexibility index (Phi) is 6.65. The van der Waals surface area contributed by atoms with Crippen LogP contribution >= 0.6 is 12.2 Å². The van der Waals surface area contributed by atoms with E-state index in [0.717, 1.165) is 11.3 Å². The van der Waals surface area contributed by atoms with Crippen LogP contribution in [0.3, 0.4) is 0 Å². The molecule has 0 aromatic heterocycles. The number of hydrogen-bond acceptors (Lipinski definition) is 5. The summed E-state index contributed by atoms with van der Waals surface area (Å²) in [7, 11) is 0. The van der Waals surface area contributed by atoms with Crippen LogP contribution in [0.5, 0.6) is 5.75 Å². The van der Waals surface area contributed by atoms with E-state index in [4.69, 9.17) is 28.2 Å². The first-order valence-electron chi connectivity index (χ1n) is 7.79. The number of thiocarbonyl (C=S) groups is 1. The molecular weight excluding hydrogens is 354 g/mol. The van der Waals surface area contributed by atoms with Gasteiger partial charge < -0.3 is 26.2 Å². The molecule has 0 saturated carbocycles. The van der Waals surface area contributed by atoms with Crippen molar-refractivity contribution in [2.75, 3.05) is 11.4 Å². The number of amides is 1. The third-order valence-electron chi connectivity index (χ3n) is 3.57. The highest BCUT2D eigenvalue weighted by atomic mass is 32.1.